The second-order valence-electron chi connectivity index (χ2n) is 4.67. The van der Waals surface area contributed by atoms with Gasteiger partial charge in [-0.15, -0.1) is 0 Å². The van der Waals surface area contributed by atoms with Gasteiger partial charge < -0.3 is 10.1 Å². The molecule has 3 rings (SSSR count). The summed E-state index contributed by atoms with van der Waals surface area (Å²) >= 11 is 0. The third-order valence-corrected chi connectivity index (χ3v) is 3.57. The highest BCUT2D eigenvalue weighted by atomic mass is 16.3. The SMILES string of the molecule is Cc1[nH]c2ccc(C3(O)CC3)cc2c1C. The van der Waals surface area contributed by atoms with E-state index >= 15 is 0 Å². The van der Waals surface area contributed by atoms with E-state index in [0.29, 0.717) is 0 Å². The lowest BCUT2D eigenvalue weighted by atomic mass is 10.0. The van der Waals surface area contributed by atoms with Crippen molar-refractivity contribution in [1.82, 2.24) is 4.98 Å². The summed E-state index contributed by atoms with van der Waals surface area (Å²) in [4.78, 5) is 3.34. The van der Waals surface area contributed by atoms with E-state index in [-0.39, 0.29) is 0 Å². The number of aromatic nitrogens is 1. The molecule has 0 aliphatic heterocycles. The number of benzene rings is 1. The maximum Gasteiger partial charge on any atom is 0.0899 e. The Morgan fingerprint density at radius 3 is 2.67 bits per heavy atom. The third kappa shape index (κ3) is 1.21. The topological polar surface area (TPSA) is 36.0 Å². The molecule has 1 heterocycles. The number of aromatic amines is 1. The van der Waals surface area contributed by atoms with Crippen LogP contribution in [0.25, 0.3) is 10.9 Å². The molecule has 0 bridgehead atoms. The molecule has 1 saturated carbocycles. The fourth-order valence-electron chi connectivity index (χ4n) is 2.16. The lowest BCUT2D eigenvalue weighted by Gasteiger charge is -2.07. The molecule has 0 spiro atoms. The van der Waals surface area contributed by atoms with E-state index in [1.807, 2.05) is 6.07 Å². The molecule has 0 radical (unpaired) electrons. The van der Waals surface area contributed by atoms with Gasteiger partial charge in [0, 0.05) is 16.6 Å². The molecule has 1 aromatic heterocycles. The standard InChI is InChI=1S/C13H15NO/c1-8-9(2)14-12-4-3-10(7-11(8)12)13(15)5-6-13/h3-4,7,14-15H,5-6H2,1-2H3. The number of fused-ring (bicyclic) bond motifs is 1. The van der Waals surface area contributed by atoms with Crippen molar-refractivity contribution in [2.45, 2.75) is 32.3 Å². The molecule has 2 N–H and O–H groups in total. The van der Waals surface area contributed by atoms with Gasteiger partial charge >= 0.3 is 0 Å². The Hall–Kier alpha value is -1.28. The summed E-state index contributed by atoms with van der Waals surface area (Å²) in [5.74, 6) is 0. The van der Waals surface area contributed by atoms with Crippen LogP contribution in [0, 0.1) is 13.8 Å². The Balaban J connectivity index is 2.25. The van der Waals surface area contributed by atoms with Crippen LogP contribution in [0.5, 0.6) is 0 Å². The van der Waals surface area contributed by atoms with Gasteiger partial charge in [0.05, 0.1) is 5.60 Å². The highest BCUT2D eigenvalue weighted by Crippen LogP contribution is 2.46. The largest absolute Gasteiger partial charge is 0.385 e. The van der Waals surface area contributed by atoms with Crippen molar-refractivity contribution in [2.24, 2.45) is 0 Å². The molecule has 2 heteroatoms. The Labute approximate surface area is 88.9 Å². The molecular weight excluding hydrogens is 186 g/mol. The third-order valence-electron chi connectivity index (χ3n) is 3.57. The highest BCUT2D eigenvalue weighted by Gasteiger charge is 2.42. The molecule has 1 fully saturated rings. The molecule has 2 aromatic rings. The smallest absolute Gasteiger partial charge is 0.0899 e. The quantitative estimate of drug-likeness (QED) is 0.731. The average Bonchev–Trinajstić information content (AvgIpc) is 2.90. The van der Waals surface area contributed by atoms with Crippen molar-refractivity contribution in [3.8, 4) is 0 Å². The number of H-pyrrole nitrogens is 1. The second kappa shape index (κ2) is 2.64. The van der Waals surface area contributed by atoms with Crippen LogP contribution in [-0.4, -0.2) is 10.1 Å². The molecule has 0 saturated heterocycles. The summed E-state index contributed by atoms with van der Waals surface area (Å²) in [5, 5.41) is 11.3. The summed E-state index contributed by atoms with van der Waals surface area (Å²) in [6, 6.07) is 6.23. The van der Waals surface area contributed by atoms with Gasteiger partial charge in [-0.25, -0.2) is 0 Å². The first-order chi connectivity index (χ1) is 7.10. The van der Waals surface area contributed by atoms with E-state index in [1.165, 1.54) is 16.6 Å². The number of rotatable bonds is 1. The van der Waals surface area contributed by atoms with Gasteiger partial charge in [0.1, 0.15) is 0 Å². The highest BCUT2D eigenvalue weighted by molar-refractivity contribution is 5.85. The van der Waals surface area contributed by atoms with E-state index in [1.54, 1.807) is 0 Å². The van der Waals surface area contributed by atoms with Gasteiger partial charge in [0.15, 0.2) is 0 Å². The van der Waals surface area contributed by atoms with E-state index in [9.17, 15) is 5.11 Å². The number of hydrogen-bond acceptors (Lipinski definition) is 1. The first-order valence-corrected chi connectivity index (χ1v) is 5.42. The zero-order valence-electron chi connectivity index (χ0n) is 9.09. The minimum Gasteiger partial charge on any atom is -0.385 e. The normalized spacial score (nSPS) is 18.3. The van der Waals surface area contributed by atoms with E-state index in [4.69, 9.17) is 0 Å². The van der Waals surface area contributed by atoms with Gasteiger partial charge in [-0.1, -0.05) is 6.07 Å². The predicted molar refractivity (Wildman–Crippen MR) is 60.9 cm³/mol. The van der Waals surface area contributed by atoms with Crippen LogP contribution in [-0.2, 0) is 5.60 Å². The molecule has 1 aliphatic carbocycles. The fourth-order valence-corrected chi connectivity index (χ4v) is 2.16. The van der Waals surface area contributed by atoms with E-state index < -0.39 is 5.60 Å². The van der Waals surface area contributed by atoms with Gasteiger partial charge in [-0.2, -0.15) is 0 Å². The van der Waals surface area contributed by atoms with Crippen molar-refractivity contribution in [3.05, 3.63) is 35.0 Å². The van der Waals surface area contributed by atoms with Gasteiger partial charge in [0.25, 0.3) is 0 Å². The van der Waals surface area contributed by atoms with Crippen molar-refractivity contribution in [2.75, 3.05) is 0 Å². The van der Waals surface area contributed by atoms with Gasteiger partial charge in [-0.05, 0) is 49.9 Å². The maximum atomic E-state index is 10.0. The van der Waals surface area contributed by atoms with Gasteiger partial charge in [-0.3, -0.25) is 0 Å². The zero-order chi connectivity index (χ0) is 10.6. The molecule has 0 unspecified atom stereocenters. The van der Waals surface area contributed by atoms with Crippen LogP contribution in [0.15, 0.2) is 18.2 Å². The molecule has 15 heavy (non-hydrogen) atoms. The van der Waals surface area contributed by atoms with Gasteiger partial charge in [0.2, 0.25) is 0 Å². The average molecular weight is 201 g/mol. The number of aryl methyl sites for hydroxylation is 2. The monoisotopic (exact) mass is 201 g/mol. The number of hydrogen-bond donors (Lipinski definition) is 2. The van der Waals surface area contributed by atoms with Crippen LogP contribution in [0.3, 0.4) is 0 Å². The van der Waals surface area contributed by atoms with Crippen LogP contribution < -0.4 is 0 Å². The number of nitrogens with one attached hydrogen (secondary N) is 1. The predicted octanol–water partition coefficient (Wildman–Crippen LogP) is 2.77. The van der Waals surface area contributed by atoms with Crippen molar-refractivity contribution >= 4 is 10.9 Å². The Morgan fingerprint density at radius 2 is 2.00 bits per heavy atom. The number of aliphatic hydroxyl groups is 1. The van der Waals surface area contributed by atoms with Crippen LogP contribution >= 0.6 is 0 Å². The molecule has 1 aliphatic rings. The lowest BCUT2D eigenvalue weighted by Crippen LogP contribution is -2.03. The minimum atomic E-state index is -0.522. The van der Waals surface area contributed by atoms with Crippen LogP contribution in [0.2, 0.25) is 0 Å². The summed E-state index contributed by atoms with van der Waals surface area (Å²) in [5.41, 5.74) is 4.21. The van der Waals surface area contributed by atoms with Crippen LogP contribution in [0.1, 0.15) is 29.7 Å². The fraction of sp³-hybridized carbons (Fsp3) is 0.385. The zero-order valence-corrected chi connectivity index (χ0v) is 9.09. The van der Waals surface area contributed by atoms with Crippen molar-refractivity contribution in [3.63, 3.8) is 0 Å². The first-order valence-electron chi connectivity index (χ1n) is 5.42. The summed E-state index contributed by atoms with van der Waals surface area (Å²) in [6.45, 7) is 4.20. The van der Waals surface area contributed by atoms with E-state index in [0.717, 1.165) is 23.9 Å². The molecule has 0 amide bonds. The summed E-state index contributed by atoms with van der Waals surface area (Å²) in [7, 11) is 0. The van der Waals surface area contributed by atoms with Crippen molar-refractivity contribution < 1.29 is 5.11 Å². The Kier molecular flexibility index (Phi) is 1.58. The maximum absolute atomic E-state index is 10.0. The second-order valence-corrected chi connectivity index (χ2v) is 4.67. The van der Waals surface area contributed by atoms with E-state index in [2.05, 4.69) is 31.0 Å². The van der Waals surface area contributed by atoms with Crippen LogP contribution in [0.4, 0.5) is 0 Å². The summed E-state index contributed by atoms with van der Waals surface area (Å²) in [6.07, 6.45) is 1.81. The first kappa shape index (κ1) is 8.98. The Bertz CT molecular complexity index is 535. The summed E-state index contributed by atoms with van der Waals surface area (Å²) < 4.78 is 0. The molecular formula is C13H15NO. The van der Waals surface area contributed by atoms with Crippen molar-refractivity contribution in [1.29, 1.82) is 0 Å². The minimum absolute atomic E-state index is 0.522. The Morgan fingerprint density at radius 1 is 1.27 bits per heavy atom. The molecule has 0 atom stereocenters. The lowest BCUT2D eigenvalue weighted by molar-refractivity contribution is 0.151. The molecule has 78 valence electrons. The molecule has 1 aromatic carbocycles. The molecule has 2 nitrogen and oxygen atoms in total.